The van der Waals surface area contributed by atoms with E-state index in [1.807, 2.05) is 0 Å². The second-order valence-corrected chi connectivity index (χ2v) is 3.92. The van der Waals surface area contributed by atoms with Crippen molar-refractivity contribution in [2.75, 3.05) is 0 Å². The molecule has 1 aliphatic heterocycles. The molecule has 2 rings (SSSR count). The van der Waals surface area contributed by atoms with Crippen LogP contribution in [0.3, 0.4) is 0 Å². The third-order valence-electron chi connectivity index (χ3n) is 3.08. The number of ether oxygens (including phenoxy) is 1. The molecule has 0 spiro atoms. The average molecular weight is 182 g/mol. The van der Waals surface area contributed by atoms with Crippen molar-refractivity contribution >= 4 is 5.97 Å². The second kappa shape index (κ2) is 2.84. The van der Waals surface area contributed by atoms with Gasteiger partial charge >= 0.3 is 5.97 Å². The molecule has 0 amide bonds. The van der Waals surface area contributed by atoms with Gasteiger partial charge < -0.3 is 9.84 Å². The molecule has 2 atom stereocenters. The standard InChI is InChI=1S/C10H14O3/c1-7-6-9(11)13-8-4-2-3-5-10(7,8)12/h6,8,12H,2-5H2,1H3/t8-,10+/m0/s1. The lowest BCUT2D eigenvalue weighted by atomic mass is 9.76. The Labute approximate surface area is 77.4 Å². The summed E-state index contributed by atoms with van der Waals surface area (Å²) >= 11 is 0. The zero-order chi connectivity index (χ0) is 9.47. The van der Waals surface area contributed by atoms with Crippen LogP contribution >= 0.6 is 0 Å². The van der Waals surface area contributed by atoms with E-state index in [4.69, 9.17) is 4.74 Å². The summed E-state index contributed by atoms with van der Waals surface area (Å²) in [7, 11) is 0. The highest BCUT2D eigenvalue weighted by Crippen LogP contribution is 2.38. The minimum absolute atomic E-state index is 0.307. The predicted molar refractivity (Wildman–Crippen MR) is 47.1 cm³/mol. The smallest absolute Gasteiger partial charge is 0.331 e. The first-order valence-corrected chi connectivity index (χ1v) is 4.75. The van der Waals surface area contributed by atoms with Crippen molar-refractivity contribution in [2.24, 2.45) is 0 Å². The lowest BCUT2D eigenvalue weighted by molar-refractivity contribution is -0.165. The van der Waals surface area contributed by atoms with Crippen LogP contribution in [-0.2, 0) is 9.53 Å². The van der Waals surface area contributed by atoms with E-state index in [9.17, 15) is 9.90 Å². The van der Waals surface area contributed by atoms with Crippen molar-refractivity contribution in [3.8, 4) is 0 Å². The van der Waals surface area contributed by atoms with Gasteiger partial charge in [-0.25, -0.2) is 4.79 Å². The molecule has 0 aromatic rings. The summed E-state index contributed by atoms with van der Waals surface area (Å²) in [5.41, 5.74) is -0.111. The van der Waals surface area contributed by atoms with E-state index in [-0.39, 0.29) is 12.1 Å². The van der Waals surface area contributed by atoms with E-state index in [2.05, 4.69) is 0 Å². The number of carbonyl (C=O) groups is 1. The molecule has 0 bridgehead atoms. The number of fused-ring (bicyclic) bond motifs is 1. The predicted octanol–water partition coefficient (Wildman–Crippen LogP) is 1.16. The van der Waals surface area contributed by atoms with Crippen molar-refractivity contribution < 1.29 is 14.6 Å². The molecule has 0 aromatic heterocycles. The molecule has 3 heteroatoms. The Morgan fingerprint density at radius 1 is 1.62 bits per heavy atom. The molecule has 2 aliphatic rings. The van der Waals surface area contributed by atoms with Gasteiger partial charge in [-0.15, -0.1) is 0 Å². The van der Waals surface area contributed by atoms with Crippen LogP contribution in [-0.4, -0.2) is 22.8 Å². The van der Waals surface area contributed by atoms with Crippen LogP contribution < -0.4 is 0 Å². The van der Waals surface area contributed by atoms with E-state index in [0.717, 1.165) is 24.8 Å². The highest BCUT2D eigenvalue weighted by Gasteiger charge is 2.45. The SMILES string of the molecule is CC1=CC(=O)O[C@H]2CCCC[C@@]12O. The van der Waals surface area contributed by atoms with Crippen LogP contribution in [0.4, 0.5) is 0 Å². The third-order valence-corrected chi connectivity index (χ3v) is 3.08. The fraction of sp³-hybridized carbons (Fsp3) is 0.700. The van der Waals surface area contributed by atoms with Crippen molar-refractivity contribution in [3.63, 3.8) is 0 Å². The quantitative estimate of drug-likeness (QED) is 0.572. The summed E-state index contributed by atoms with van der Waals surface area (Å²) in [4.78, 5) is 11.1. The fourth-order valence-corrected chi connectivity index (χ4v) is 2.21. The van der Waals surface area contributed by atoms with Gasteiger partial charge in [-0.3, -0.25) is 0 Å². The molecule has 1 saturated carbocycles. The molecule has 13 heavy (non-hydrogen) atoms. The Hall–Kier alpha value is -0.830. The number of rotatable bonds is 0. The molecule has 0 unspecified atom stereocenters. The maximum atomic E-state index is 11.1. The molecule has 1 fully saturated rings. The van der Waals surface area contributed by atoms with E-state index >= 15 is 0 Å². The molecule has 3 nitrogen and oxygen atoms in total. The zero-order valence-corrected chi connectivity index (χ0v) is 7.75. The summed E-state index contributed by atoms with van der Waals surface area (Å²) in [5.74, 6) is -0.311. The number of hydrogen-bond acceptors (Lipinski definition) is 3. The van der Waals surface area contributed by atoms with E-state index < -0.39 is 5.60 Å². The monoisotopic (exact) mass is 182 g/mol. The van der Waals surface area contributed by atoms with Crippen molar-refractivity contribution in [1.82, 2.24) is 0 Å². The molecule has 1 aliphatic carbocycles. The Kier molecular flexibility index (Phi) is 1.91. The molecule has 0 radical (unpaired) electrons. The zero-order valence-electron chi connectivity index (χ0n) is 7.75. The van der Waals surface area contributed by atoms with E-state index in [0.29, 0.717) is 6.42 Å². The summed E-state index contributed by atoms with van der Waals surface area (Å²) in [6.45, 7) is 1.80. The Morgan fingerprint density at radius 3 is 3.15 bits per heavy atom. The van der Waals surface area contributed by atoms with Gasteiger partial charge in [-0.2, -0.15) is 0 Å². The number of aliphatic hydroxyl groups is 1. The number of hydrogen-bond donors (Lipinski definition) is 1. The van der Waals surface area contributed by atoms with Gasteiger partial charge in [0.15, 0.2) is 0 Å². The maximum absolute atomic E-state index is 11.1. The molecule has 0 aromatic carbocycles. The first kappa shape index (κ1) is 8.75. The lowest BCUT2D eigenvalue weighted by Crippen LogP contribution is -2.50. The molecule has 0 saturated heterocycles. The van der Waals surface area contributed by atoms with Crippen LogP contribution in [0.5, 0.6) is 0 Å². The first-order valence-electron chi connectivity index (χ1n) is 4.75. The second-order valence-electron chi connectivity index (χ2n) is 3.92. The van der Waals surface area contributed by atoms with Gasteiger partial charge in [0.2, 0.25) is 0 Å². The fourth-order valence-electron chi connectivity index (χ4n) is 2.21. The average Bonchev–Trinajstić information content (AvgIpc) is 2.07. The van der Waals surface area contributed by atoms with Crippen molar-refractivity contribution in [3.05, 3.63) is 11.6 Å². The van der Waals surface area contributed by atoms with Gasteiger partial charge in [0.05, 0.1) is 0 Å². The van der Waals surface area contributed by atoms with Gasteiger partial charge in [0.1, 0.15) is 11.7 Å². The molecular weight excluding hydrogens is 168 g/mol. The Balaban J connectivity index is 2.33. The van der Waals surface area contributed by atoms with Crippen LogP contribution in [0.1, 0.15) is 32.6 Å². The minimum atomic E-state index is -0.869. The van der Waals surface area contributed by atoms with Crippen LogP contribution in [0.15, 0.2) is 11.6 Å². The van der Waals surface area contributed by atoms with Gasteiger partial charge in [0.25, 0.3) is 0 Å². The highest BCUT2D eigenvalue weighted by atomic mass is 16.6. The van der Waals surface area contributed by atoms with Crippen molar-refractivity contribution in [2.45, 2.75) is 44.3 Å². The summed E-state index contributed by atoms with van der Waals surface area (Å²) < 4.78 is 5.10. The van der Waals surface area contributed by atoms with Crippen molar-refractivity contribution in [1.29, 1.82) is 0 Å². The first-order chi connectivity index (χ1) is 6.13. The van der Waals surface area contributed by atoms with Crippen LogP contribution in [0.25, 0.3) is 0 Å². The molecular formula is C10H14O3. The third kappa shape index (κ3) is 1.27. The maximum Gasteiger partial charge on any atom is 0.331 e. The van der Waals surface area contributed by atoms with Gasteiger partial charge in [-0.1, -0.05) is 0 Å². The summed E-state index contributed by atoms with van der Waals surface area (Å²) in [6, 6.07) is 0. The normalized spacial score (nSPS) is 39.1. The molecule has 72 valence electrons. The van der Waals surface area contributed by atoms with Crippen LogP contribution in [0.2, 0.25) is 0 Å². The van der Waals surface area contributed by atoms with E-state index in [1.54, 1.807) is 6.92 Å². The molecule has 1 N–H and O–H groups in total. The molecule has 1 heterocycles. The van der Waals surface area contributed by atoms with Gasteiger partial charge in [-0.05, 0) is 38.2 Å². The lowest BCUT2D eigenvalue weighted by Gasteiger charge is -2.42. The van der Waals surface area contributed by atoms with Crippen LogP contribution in [0, 0.1) is 0 Å². The number of carbonyl (C=O) groups excluding carboxylic acids is 1. The largest absolute Gasteiger partial charge is 0.456 e. The highest BCUT2D eigenvalue weighted by molar-refractivity contribution is 5.84. The van der Waals surface area contributed by atoms with Gasteiger partial charge in [0, 0.05) is 6.08 Å². The van der Waals surface area contributed by atoms with E-state index in [1.165, 1.54) is 6.08 Å². The summed E-state index contributed by atoms with van der Waals surface area (Å²) in [6.07, 6.45) is 4.64. The topological polar surface area (TPSA) is 46.5 Å². The summed E-state index contributed by atoms with van der Waals surface area (Å²) in [5, 5.41) is 10.2. The Morgan fingerprint density at radius 2 is 2.38 bits per heavy atom. The minimum Gasteiger partial charge on any atom is -0.456 e. The number of esters is 1. The Bertz CT molecular complexity index is 269.